The van der Waals surface area contributed by atoms with Crippen molar-refractivity contribution in [1.82, 2.24) is 4.98 Å². The Hall–Kier alpha value is -1.79. The molecule has 3 saturated heterocycles. The van der Waals surface area contributed by atoms with Crippen LogP contribution in [0.5, 0.6) is 0 Å². The number of quaternary nitrogens is 1. The van der Waals surface area contributed by atoms with Crippen LogP contribution in [0, 0.1) is 17.8 Å². The van der Waals surface area contributed by atoms with Gasteiger partial charge in [-0.05, 0) is 48.6 Å². The Balaban J connectivity index is 1.19. The van der Waals surface area contributed by atoms with Gasteiger partial charge in [-0.15, -0.1) is 11.8 Å². The molecule has 0 spiro atoms. The summed E-state index contributed by atoms with van der Waals surface area (Å²) in [6.07, 6.45) is 10.1. The Morgan fingerprint density at radius 1 is 0.973 bits per heavy atom. The molecule has 3 aliphatic heterocycles. The van der Waals surface area contributed by atoms with Crippen molar-refractivity contribution >= 4 is 23.4 Å². The number of rotatable bonds is 8. The fourth-order valence-corrected chi connectivity index (χ4v) is 8.45. The number of hydrogen-bond donors (Lipinski definition) is 1. The van der Waals surface area contributed by atoms with E-state index in [9.17, 15) is 5.11 Å². The SMILES string of the molecule is O[C@](c1ccccc1)(c1ncc(C[N+]23CCC(CC2)[C@@H](CSc2ccc(Cl)cc2)C3)o1)C1CCCCC1. The molecule has 1 aromatic heterocycles. The maximum Gasteiger partial charge on any atom is 0.231 e. The largest absolute Gasteiger partial charge is 0.436 e. The summed E-state index contributed by atoms with van der Waals surface area (Å²) in [5, 5.41) is 13.0. The molecule has 4 heterocycles. The normalized spacial score (nSPS) is 27.7. The number of aromatic nitrogens is 1. The summed E-state index contributed by atoms with van der Waals surface area (Å²) >= 11 is 8.04. The first-order valence-corrected chi connectivity index (χ1v) is 15.4. The lowest BCUT2D eigenvalue weighted by Gasteiger charge is -2.52. The zero-order chi connectivity index (χ0) is 25.3. The molecule has 1 N–H and O–H groups in total. The second-order valence-electron chi connectivity index (χ2n) is 11.6. The fourth-order valence-electron chi connectivity index (χ4n) is 7.22. The lowest BCUT2D eigenvalue weighted by atomic mass is 9.73. The van der Waals surface area contributed by atoms with Crippen molar-refractivity contribution in [2.24, 2.45) is 17.8 Å². The van der Waals surface area contributed by atoms with Crippen LogP contribution in [0.15, 0.2) is 70.1 Å². The Morgan fingerprint density at radius 2 is 1.70 bits per heavy atom. The van der Waals surface area contributed by atoms with Gasteiger partial charge in [0.1, 0.15) is 6.54 Å². The summed E-state index contributed by atoms with van der Waals surface area (Å²) in [4.78, 5) is 6.05. The molecule has 6 heteroatoms. The van der Waals surface area contributed by atoms with E-state index in [-0.39, 0.29) is 5.92 Å². The molecule has 1 saturated carbocycles. The second kappa shape index (κ2) is 10.8. The minimum absolute atomic E-state index is 0.141. The highest BCUT2D eigenvalue weighted by Crippen LogP contribution is 2.45. The number of piperidine rings is 3. The van der Waals surface area contributed by atoms with Crippen LogP contribution in [0.3, 0.4) is 0 Å². The number of nitrogens with zero attached hydrogens (tertiary/aromatic N) is 2. The minimum atomic E-state index is -1.16. The van der Waals surface area contributed by atoms with Gasteiger partial charge in [0, 0.05) is 40.3 Å². The van der Waals surface area contributed by atoms with Crippen molar-refractivity contribution in [3.05, 3.63) is 83.0 Å². The smallest absolute Gasteiger partial charge is 0.231 e. The van der Waals surface area contributed by atoms with E-state index in [0.29, 0.717) is 11.8 Å². The van der Waals surface area contributed by atoms with Gasteiger partial charge >= 0.3 is 0 Å². The Morgan fingerprint density at radius 3 is 2.43 bits per heavy atom. The fraction of sp³-hybridized carbons (Fsp3) is 0.516. The molecule has 196 valence electrons. The molecule has 2 atom stereocenters. The third kappa shape index (κ3) is 5.25. The van der Waals surface area contributed by atoms with E-state index >= 15 is 0 Å². The van der Waals surface area contributed by atoms with E-state index in [2.05, 4.69) is 12.1 Å². The second-order valence-corrected chi connectivity index (χ2v) is 13.1. The molecule has 4 fully saturated rings. The van der Waals surface area contributed by atoms with Gasteiger partial charge < -0.3 is 14.0 Å². The Bertz CT molecular complexity index is 1170. The minimum Gasteiger partial charge on any atom is -0.436 e. The van der Waals surface area contributed by atoms with Crippen LogP contribution < -0.4 is 0 Å². The number of thioether (sulfide) groups is 1. The van der Waals surface area contributed by atoms with E-state index in [0.717, 1.165) is 64.7 Å². The first kappa shape index (κ1) is 25.5. The van der Waals surface area contributed by atoms with Crippen molar-refractivity contribution in [3.63, 3.8) is 0 Å². The van der Waals surface area contributed by atoms with Gasteiger partial charge in [0.15, 0.2) is 11.4 Å². The maximum atomic E-state index is 12.2. The molecule has 3 aromatic rings. The van der Waals surface area contributed by atoms with E-state index in [1.807, 2.05) is 60.4 Å². The third-order valence-electron chi connectivity index (χ3n) is 9.30. The highest BCUT2D eigenvalue weighted by atomic mass is 35.5. The summed E-state index contributed by atoms with van der Waals surface area (Å²) in [6.45, 7) is 4.51. The Kier molecular flexibility index (Phi) is 7.41. The van der Waals surface area contributed by atoms with Gasteiger partial charge in [0.2, 0.25) is 5.89 Å². The molecule has 0 unspecified atom stereocenters. The van der Waals surface area contributed by atoms with Crippen LogP contribution in [0.2, 0.25) is 5.02 Å². The summed E-state index contributed by atoms with van der Waals surface area (Å²) in [5.74, 6) is 4.25. The molecule has 1 aliphatic carbocycles. The van der Waals surface area contributed by atoms with Gasteiger partial charge in [-0.25, -0.2) is 4.98 Å². The summed E-state index contributed by atoms with van der Waals surface area (Å²) < 4.78 is 7.57. The van der Waals surface area contributed by atoms with Gasteiger partial charge in [-0.2, -0.15) is 0 Å². The summed E-state index contributed by atoms with van der Waals surface area (Å²) in [7, 11) is 0. The predicted molar refractivity (Wildman–Crippen MR) is 149 cm³/mol. The average molecular weight is 538 g/mol. The quantitative estimate of drug-likeness (QED) is 0.242. The Labute approximate surface area is 230 Å². The molecular formula is C31H38ClN2O2S+. The highest BCUT2D eigenvalue weighted by Gasteiger charge is 2.48. The van der Waals surface area contributed by atoms with Crippen LogP contribution in [0.25, 0.3) is 0 Å². The number of hydrogen-bond acceptors (Lipinski definition) is 4. The summed E-state index contributed by atoms with van der Waals surface area (Å²) in [5.41, 5.74) is -0.257. The molecular weight excluding hydrogens is 500 g/mol. The highest BCUT2D eigenvalue weighted by molar-refractivity contribution is 7.99. The van der Waals surface area contributed by atoms with Crippen LogP contribution in [0.1, 0.15) is 62.2 Å². The molecule has 0 radical (unpaired) electrons. The number of aliphatic hydroxyl groups is 1. The molecule has 2 aromatic carbocycles. The van der Waals surface area contributed by atoms with Crippen LogP contribution >= 0.6 is 23.4 Å². The van der Waals surface area contributed by atoms with Gasteiger partial charge in [0.25, 0.3) is 0 Å². The van der Waals surface area contributed by atoms with Gasteiger partial charge in [-0.1, -0.05) is 61.2 Å². The zero-order valence-electron chi connectivity index (χ0n) is 21.5. The van der Waals surface area contributed by atoms with Gasteiger partial charge in [-0.3, -0.25) is 0 Å². The third-order valence-corrected chi connectivity index (χ3v) is 10.7. The van der Waals surface area contributed by atoms with Crippen molar-refractivity contribution in [2.45, 2.75) is 62.0 Å². The van der Waals surface area contributed by atoms with E-state index in [4.69, 9.17) is 21.0 Å². The standard InChI is InChI=1S/C31H38ClN2O2S/c32-27-11-13-29(14-12-27)37-22-24-20-34(17-15-23(24)16-18-34)21-28-19-33-30(36-28)31(35,25-7-3-1-4-8-25)26-9-5-2-6-10-26/h1,3-4,7-8,11-14,19,23-24,26,35H,2,5-6,9-10,15-18,20-22H2/q+1/t23?,24-,31+,34?/m1/s1. The van der Waals surface area contributed by atoms with Gasteiger partial charge in [0.05, 0.1) is 25.8 Å². The summed E-state index contributed by atoms with van der Waals surface area (Å²) in [6, 6.07) is 18.3. The predicted octanol–water partition coefficient (Wildman–Crippen LogP) is 7.29. The van der Waals surface area contributed by atoms with E-state index in [1.54, 1.807) is 0 Å². The first-order valence-electron chi connectivity index (χ1n) is 14.0. The first-order chi connectivity index (χ1) is 18.0. The number of oxazole rings is 1. The zero-order valence-corrected chi connectivity index (χ0v) is 23.1. The lowest BCUT2D eigenvalue weighted by molar-refractivity contribution is -0.959. The lowest BCUT2D eigenvalue weighted by Crippen LogP contribution is -2.61. The molecule has 37 heavy (non-hydrogen) atoms. The van der Waals surface area contributed by atoms with Crippen molar-refractivity contribution in [1.29, 1.82) is 0 Å². The van der Waals surface area contributed by atoms with Crippen LogP contribution in [-0.2, 0) is 12.1 Å². The number of benzene rings is 2. The van der Waals surface area contributed by atoms with E-state index < -0.39 is 5.60 Å². The topological polar surface area (TPSA) is 46.3 Å². The molecule has 7 rings (SSSR count). The number of halogens is 1. The van der Waals surface area contributed by atoms with Crippen molar-refractivity contribution < 1.29 is 14.0 Å². The van der Waals surface area contributed by atoms with E-state index in [1.165, 1.54) is 43.8 Å². The molecule has 4 nitrogen and oxygen atoms in total. The van der Waals surface area contributed by atoms with Crippen LogP contribution in [-0.4, -0.2) is 40.0 Å². The van der Waals surface area contributed by atoms with Crippen molar-refractivity contribution in [3.8, 4) is 0 Å². The number of fused-ring (bicyclic) bond motifs is 3. The maximum absolute atomic E-state index is 12.2. The molecule has 4 aliphatic rings. The molecule has 0 amide bonds. The molecule has 2 bridgehead atoms. The average Bonchev–Trinajstić information content (AvgIpc) is 3.42. The van der Waals surface area contributed by atoms with Crippen molar-refractivity contribution in [2.75, 3.05) is 25.4 Å². The van der Waals surface area contributed by atoms with Crippen LogP contribution in [0.4, 0.5) is 0 Å². The monoisotopic (exact) mass is 537 g/mol.